The summed E-state index contributed by atoms with van der Waals surface area (Å²) in [6, 6.07) is 8.04. The highest BCUT2D eigenvalue weighted by Gasteiger charge is 2.13. The monoisotopic (exact) mass is 386 g/mol. The molecule has 1 amide bonds. The normalized spacial score (nSPS) is 10.3. The molecule has 0 aliphatic heterocycles. The first kappa shape index (κ1) is 19.0. The van der Waals surface area contributed by atoms with Crippen molar-refractivity contribution in [3.8, 4) is 11.5 Å². The van der Waals surface area contributed by atoms with Gasteiger partial charge in [-0.15, -0.1) is 0 Å². The van der Waals surface area contributed by atoms with Crippen molar-refractivity contribution in [3.63, 3.8) is 0 Å². The molecule has 0 bridgehead atoms. The largest absolute Gasteiger partial charge is 0.497 e. The van der Waals surface area contributed by atoms with Crippen LogP contribution in [-0.2, 0) is 0 Å². The summed E-state index contributed by atoms with van der Waals surface area (Å²) in [5.74, 6) is -0.756. The summed E-state index contributed by atoms with van der Waals surface area (Å²) in [5.41, 5.74) is 0.442. The minimum atomic E-state index is -0.883. The van der Waals surface area contributed by atoms with E-state index in [9.17, 15) is 13.6 Å². The topological polar surface area (TPSA) is 85.4 Å². The third kappa shape index (κ3) is 4.32. The molecular formula is C19H16F2N4O3. The summed E-state index contributed by atoms with van der Waals surface area (Å²) >= 11 is 0. The maximum absolute atomic E-state index is 13.6. The van der Waals surface area contributed by atoms with Crippen molar-refractivity contribution in [1.82, 2.24) is 9.97 Å². The molecule has 0 aliphatic rings. The van der Waals surface area contributed by atoms with Crippen molar-refractivity contribution in [1.29, 1.82) is 0 Å². The van der Waals surface area contributed by atoms with Crippen LogP contribution in [0.15, 0.2) is 48.8 Å². The summed E-state index contributed by atoms with van der Waals surface area (Å²) in [6.07, 6.45) is 2.58. The van der Waals surface area contributed by atoms with Crippen molar-refractivity contribution in [2.75, 3.05) is 24.9 Å². The van der Waals surface area contributed by atoms with Crippen molar-refractivity contribution in [2.24, 2.45) is 0 Å². The Balaban J connectivity index is 1.72. The van der Waals surface area contributed by atoms with E-state index in [4.69, 9.17) is 9.47 Å². The van der Waals surface area contributed by atoms with Crippen LogP contribution < -0.4 is 20.1 Å². The van der Waals surface area contributed by atoms with Crippen LogP contribution >= 0.6 is 0 Å². The van der Waals surface area contributed by atoms with E-state index in [1.807, 2.05) is 0 Å². The molecule has 0 saturated carbocycles. The Kier molecular flexibility index (Phi) is 5.64. The number of halogens is 2. The van der Waals surface area contributed by atoms with Crippen LogP contribution in [-0.4, -0.2) is 30.1 Å². The molecule has 1 heterocycles. The van der Waals surface area contributed by atoms with Gasteiger partial charge in [-0.1, -0.05) is 0 Å². The molecule has 3 rings (SSSR count). The molecule has 144 valence electrons. The van der Waals surface area contributed by atoms with Gasteiger partial charge in [-0.25, -0.2) is 18.7 Å². The number of nitrogens with one attached hydrogen (secondary N) is 2. The lowest BCUT2D eigenvalue weighted by Gasteiger charge is -2.12. The number of aromatic nitrogens is 2. The number of amides is 1. The summed E-state index contributed by atoms with van der Waals surface area (Å²) in [6.45, 7) is 0. The number of carbonyl (C=O) groups excluding carboxylic acids is 1. The van der Waals surface area contributed by atoms with E-state index in [1.165, 1.54) is 19.5 Å². The van der Waals surface area contributed by atoms with Crippen LogP contribution in [0.3, 0.4) is 0 Å². The smallest absolute Gasteiger partial charge is 0.275 e. The Morgan fingerprint density at radius 3 is 2.39 bits per heavy atom. The Bertz CT molecular complexity index is 997. The van der Waals surface area contributed by atoms with Crippen molar-refractivity contribution in [3.05, 3.63) is 66.1 Å². The van der Waals surface area contributed by atoms with Gasteiger partial charge in [0.2, 0.25) is 0 Å². The van der Waals surface area contributed by atoms with E-state index in [-0.39, 0.29) is 11.4 Å². The second-order valence-corrected chi connectivity index (χ2v) is 5.56. The second-order valence-electron chi connectivity index (χ2n) is 5.56. The summed E-state index contributed by atoms with van der Waals surface area (Å²) < 4.78 is 37.0. The molecule has 3 aromatic rings. The number of ether oxygens (including phenoxy) is 2. The predicted octanol–water partition coefficient (Wildman–Crippen LogP) is 3.77. The number of carbonyl (C=O) groups is 1. The van der Waals surface area contributed by atoms with E-state index >= 15 is 0 Å². The van der Waals surface area contributed by atoms with Gasteiger partial charge in [0.15, 0.2) is 0 Å². The fraction of sp³-hybridized carbons (Fsp3) is 0.105. The summed E-state index contributed by atoms with van der Waals surface area (Å²) in [5, 5.41) is 5.33. The van der Waals surface area contributed by atoms with E-state index in [0.717, 1.165) is 12.1 Å². The number of rotatable bonds is 6. The molecule has 0 saturated heterocycles. The van der Waals surface area contributed by atoms with Gasteiger partial charge in [-0.3, -0.25) is 4.79 Å². The lowest BCUT2D eigenvalue weighted by molar-refractivity contribution is 0.102. The Labute approximate surface area is 159 Å². The van der Waals surface area contributed by atoms with Gasteiger partial charge in [-0.05, 0) is 24.3 Å². The third-order valence-corrected chi connectivity index (χ3v) is 3.74. The van der Waals surface area contributed by atoms with E-state index in [1.54, 1.807) is 25.3 Å². The first-order valence-electron chi connectivity index (χ1n) is 8.07. The van der Waals surface area contributed by atoms with Gasteiger partial charge in [0.1, 0.15) is 34.6 Å². The van der Waals surface area contributed by atoms with Gasteiger partial charge in [0.25, 0.3) is 5.91 Å². The number of hydrogen-bond acceptors (Lipinski definition) is 6. The first-order chi connectivity index (χ1) is 13.5. The Hall–Kier alpha value is -3.75. The zero-order chi connectivity index (χ0) is 20.1. The van der Waals surface area contributed by atoms with E-state index < -0.39 is 17.5 Å². The number of anilines is 3. The first-order valence-corrected chi connectivity index (χ1v) is 8.07. The highest BCUT2D eigenvalue weighted by Crippen LogP contribution is 2.30. The molecule has 1 aromatic heterocycles. The Morgan fingerprint density at radius 2 is 1.75 bits per heavy atom. The molecule has 2 aromatic carbocycles. The van der Waals surface area contributed by atoms with Crippen LogP contribution in [0.5, 0.6) is 11.5 Å². The van der Waals surface area contributed by atoms with Gasteiger partial charge < -0.3 is 20.1 Å². The molecule has 28 heavy (non-hydrogen) atoms. The fourth-order valence-electron chi connectivity index (χ4n) is 2.33. The van der Waals surface area contributed by atoms with Crippen LogP contribution in [0.25, 0.3) is 0 Å². The molecule has 2 N–H and O–H groups in total. The van der Waals surface area contributed by atoms with Crippen molar-refractivity contribution >= 4 is 23.1 Å². The predicted molar refractivity (Wildman–Crippen MR) is 99.2 cm³/mol. The standard InChI is InChI=1S/C19H16F2N4O3/c1-27-12-4-6-15(17(8-12)28-2)24-18-10-22-16(9-23-18)19(26)25-14-5-3-11(20)7-13(14)21/h3-10H,1-2H3,(H,23,24)(H,25,26). The maximum Gasteiger partial charge on any atom is 0.275 e. The molecular weight excluding hydrogens is 370 g/mol. The average molecular weight is 386 g/mol. The number of methoxy groups -OCH3 is 2. The maximum atomic E-state index is 13.6. The van der Waals surface area contributed by atoms with Gasteiger partial charge in [-0.2, -0.15) is 0 Å². The summed E-state index contributed by atoms with van der Waals surface area (Å²) in [7, 11) is 3.07. The third-order valence-electron chi connectivity index (χ3n) is 3.74. The molecule has 0 spiro atoms. The molecule has 0 fully saturated rings. The van der Waals surface area contributed by atoms with Gasteiger partial charge in [0, 0.05) is 12.1 Å². The van der Waals surface area contributed by atoms with Crippen molar-refractivity contribution < 1.29 is 23.0 Å². The van der Waals surface area contributed by atoms with Crippen LogP contribution in [0, 0.1) is 11.6 Å². The molecule has 0 aliphatic carbocycles. The zero-order valence-corrected chi connectivity index (χ0v) is 15.0. The van der Waals surface area contributed by atoms with E-state index in [0.29, 0.717) is 29.1 Å². The molecule has 9 heteroatoms. The van der Waals surface area contributed by atoms with Gasteiger partial charge in [0.05, 0.1) is 38.0 Å². The zero-order valence-electron chi connectivity index (χ0n) is 15.0. The van der Waals surface area contributed by atoms with E-state index in [2.05, 4.69) is 20.6 Å². The molecule has 0 atom stereocenters. The lowest BCUT2D eigenvalue weighted by Crippen LogP contribution is -2.15. The SMILES string of the molecule is COc1ccc(Nc2cnc(C(=O)Nc3ccc(F)cc3F)cn2)c(OC)c1. The average Bonchev–Trinajstić information content (AvgIpc) is 2.71. The lowest BCUT2D eigenvalue weighted by atomic mass is 10.2. The molecule has 0 unspecified atom stereocenters. The fourth-order valence-corrected chi connectivity index (χ4v) is 2.33. The highest BCUT2D eigenvalue weighted by atomic mass is 19.1. The van der Waals surface area contributed by atoms with Crippen molar-refractivity contribution in [2.45, 2.75) is 0 Å². The summed E-state index contributed by atoms with van der Waals surface area (Å²) in [4.78, 5) is 20.3. The number of benzene rings is 2. The number of hydrogen-bond donors (Lipinski definition) is 2. The molecule has 0 radical (unpaired) electrons. The van der Waals surface area contributed by atoms with Gasteiger partial charge >= 0.3 is 0 Å². The van der Waals surface area contributed by atoms with Crippen LogP contribution in [0.4, 0.5) is 26.0 Å². The van der Waals surface area contributed by atoms with Crippen LogP contribution in [0.2, 0.25) is 0 Å². The Morgan fingerprint density at radius 1 is 0.964 bits per heavy atom. The number of nitrogens with zero attached hydrogens (tertiary/aromatic N) is 2. The molecule has 7 nitrogen and oxygen atoms in total. The van der Waals surface area contributed by atoms with Crippen LogP contribution in [0.1, 0.15) is 10.5 Å². The second kappa shape index (κ2) is 8.30. The minimum absolute atomic E-state index is 0.0315. The highest BCUT2D eigenvalue weighted by molar-refractivity contribution is 6.02. The minimum Gasteiger partial charge on any atom is -0.497 e. The quantitative estimate of drug-likeness (QED) is 0.671.